The van der Waals surface area contributed by atoms with Gasteiger partial charge in [0.25, 0.3) is 5.91 Å². The van der Waals surface area contributed by atoms with Crippen LogP contribution in [0.4, 0.5) is 5.95 Å². The zero-order chi connectivity index (χ0) is 25.2. The number of aromatic nitrogens is 6. The highest BCUT2D eigenvalue weighted by Crippen LogP contribution is 2.40. The summed E-state index contributed by atoms with van der Waals surface area (Å²) in [6.45, 7) is 7.25. The van der Waals surface area contributed by atoms with Crippen molar-refractivity contribution in [3.05, 3.63) is 65.9 Å². The standard InChI is InChI=1S/C27H31N9O/c1-19-24-21(18-22(20-7-8-20)32-25(24)36(33-19)23-6-2-3-9-28-23)26(37)29-12-5-13-34-14-16-35(17-15-34)27-30-10-4-11-31-27/h2-4,6,9-11,18,20H,5,7-8,12-17H2,1H3,(H,29,37). The van der Waals surface area contributed by atoms with Gasteiger partial charge in [0.1, 0.15) is 0 Å². The molecule has 10 heteroatoms. The maximum absolute atomic E-state index is 13.4. The van der Waals surface area contributed by atoms with Crippen LogP contribution in [0.5, 0.6) is 0 Å². The quantitative estimate of drug-likeness (QED) is 0.371. The van der Waals surface area contributed by atoms with E-state index in [9.17, 15) is 4.79 Å². The van der Waals surface area contributed by atoms with Gasteiger partial charge < -0.3 is 10.2 Å². The Kier molecular flexibility index (Phi) is 6.48. The fraction of sp³-hybridized carbons (Fsp3) is 0.407. The van der Waals surface area contributed by atoms with E-state index in [2.05, 4.69) is 30.1 Å². The summed E-state index contributed by atoms with van der Waals surface area (Å²) in [6, 6.07) is 9.52. The minimum atomic E-state index is -0.0657. The zero-order valence-corrected chi connectivity index (χ0v) is 21.0. The van der Waals surface area contributed by atoms with Crippen LogP contribution in [0.25, 0.3) is 16.9 Å². The van der Waals surface area contributed by atoms with E-state index in [4.69, 9.17) is 10.1 Å². The van der Waals surface area contributed by atoms with E-state index in [-0.39, 0.29) is 5.91 Å². The van der Waals surface area contributed by atoms with E-state index in [0.717, 1.165) is 74.7 Å². The van der Waals surface area contributed by atoms with Crippen molar-refractivity contribution in [3.63, 3.8) is 0 Å². The topological polar surface area (TPSA) is 105 Å². The van der Waals surface area contributed by atoms with Gasteiger partial charge in [-0.2, -0.15) is 9.78 Å². The van der Waals surface area contributed by atoms with Crippen LogP contribution in [0.3, 0.4) is 0 Å². The Bertz CT molecular complexity index is 1380. The normalized spacial score (nSPS) is 16.3. The number of nitrogens with zero attached hydrogens (tertiary/aromatic N) is 8. The van der Waals surface area contributed by atoms with Gasteiger partial charge in [-0.25, -0.2) is 19.9 Å². The molecule has 0 bridgehead atoms. The highest BCUT2D eigenvalue weighted by atomic mass is 16.1. The molecule has 0 atom stereocenters. The number of aryl methyl sites for hydroxylation is 1. The molecule has 0 radical (unpaired) electrons. The van der Waals surface area contributed by atoms with Gasteiger partial charge in [0.05, 0.1) is 16.6 Å². The van der Waals surface area contributed by atoms with Crippen molar-refractivity contribution in [1.82, 2.24) is 39.9 Å². The molecular formula is C27H31N9O. The third kappa shape index (κ3) is 5.01. The number of carbonyl (C=O) groups excluding carboxylic acids is 1. The Hall–Kier alpha value is -3.92. The summed E-state index contributed by atoms with van der Waals surface area (Å²) in [4.78, 5) is 36.1. The maximum atomic E-state index is 13.4. The van der Waals surface area contributed by atoms with Gasteiger partial charge >= 0.3 is 0 Å². The summed E-state index contributed by atoms with van der Waals surface area (Å²) in [7, 11) is 0. The average molecular weight is 498 g/mol. The molecule has 1 aliphatic carbocycles. The molecule has 1 saturated heterocycles. The van der Waals surface area contributed by atoms with Crippen LogP contribution >= 0.6 is 0 Å². The second kappa shape index (κ2) is 10.2. The third-order valence-corrected chi connectivity index (χ3v) is 7.08. The first-order chi connectivity index (χ1) is 18.2. The molecule has 4 aromatic heterocycles. The highest BCUT2D eigenvalue weighted by molar-refractivity contribution is 6.06. The van der Waals surface area contributed by atoms with Crippen molar-refractivity contribution in [2.75, 3.05) is 44.2 Å². The predicted molar refractivity (Wildman–Crippen MR) is 141 cm³/mol. The molecule has 2 fully saturated rings. The summed E-state index contributed by atoms with van der Waals surface area (Å²) >= 11 is 0. The van der Waals surface area contributed by atoms with Crippen molar-refractivity contribution in [3.8, 4) is 5.82 Å². The monoisotopic (exact) mass is 497 g/mol. The van der Waals surface area contributed by atoms with Gasteiger partial charge in [0, 0.05) is 62.9 Å². The van der Waals surface area contributed by atoms with Gasteiger partial charge in [0.2, 0.25) is 5.95 Å². The molecule has 10 nitrogen and oxygen atoms in total. The Morgan fingerprint density at radius 2 is 1.81 bits per heavy atom. The molecule has 0 unspecified atom stereocenters. The van der Waals surface area contributed by atoms with Crippen LogP contribution in [0.2, 0.25) is 0 Å². The number of hydrogen-bond acceptors (Lipinski definition) is 8. The molecule has 4 aromatic rings. The largest absolute Gasteiger partial charge is 0.352 e. The van der Waals surface area contributed by atoms with Gasteiger partial charge in [-0.05, 0) is 57.0 Å². The lowest BCUT2D eigenvalue weighted by molar-refractivity contribution is 0.0953. The summed E-state index contributed by atoms with van der Waals surface area (Å²) in [5, 5.41) is 8.65. The summed E-state index contributed by atoms with van der Waals surface area (Å²) < 4.78 is 1.76. The first-order valence-corrected chi connectivity index (χ1v) is 13.0. The number of fused-ring (bicyclic) bond motifs is 1. The van der Waals surface area contributed by atoms with Crippen molar-refractivity contribution < 1.29 is 4.79 Å². The van der Waals surface area contributed by atoms with Crippen LogP contribution in [0, 0.1) is 6.92 Å². The van der Waals surface area contributed by atoms with Crippen molar-refractivity contribution in [2.24, 2.45) is 0 Å². The lowest BCUT2D eigenvalue weighted by atomic mass is 10.1. The predicted octanol–water partition coefficient (Wildman–Crippen LogP) is 2.73. The molecular weight excluding hydrogens is 466 g/mol. The number of anilines is 1. The van der Waals surface area contributed by atoms with E-state index in [1.54, 1.807) is 23.3 Å². The van der Waals surface area contributed by atoms with Crippen LogP contribution in [0.1, 0.15) is 46.9 Å². The van der Waals surface area contributed by atoms with Crippen molar-refractivity contribution >= 4 is 22.9 Å². The SMILES string of the molecule is Cc1nn(-c2ccccn2)c2nc(C3CC3)cc(C(=O)NCCCN3CCN(c4ncccn4)CC3)c12. The first-order valence-electron chi connectivity index (χ1n) is 13.0. The molecule has 1 N–H and O–H groups in total. The van der Waals surface area contributed by atoms with Crippen LogP contribution < -0.4 is 10.2 Å². The van der Waals surface area contributed by atoms with Gasteiger partial charge in [-0.1, -0.05) is 6.07 Å². The number of pyridine rings is 2. The Balaban J connectivity index is 1.11. The van der Waals surface area contributed by atoms with Crippen LogP contribution in [-0.4, -0.2) is 79.8 Å². The van der Waals surface area contributed by atoms with Crippen molar-refractivity contribution in [1.29, 1.82) is 0 Å². The second-order valence-electron chi connectivity index (χ2n) is 9.74. The van der Waals surface area contributed by atoms with Gasteiger partial charge in [-0.3, -0.25) is 9.69 Å². The van der Waals surface area contributed by atoms with Crippen LogP contribution in [0.15, 0.2) is 48.9 Å². The molecule has 2 aliphatic rings. The van der Waals surface area contributed by atoms with E-state index >= 15 is 0 Å². The van der Waals surface area contributed by atoms with E-state index in [1.165, 1.54) is 0 Å². The molecule has 5 heterocycles. The summed E-state index contributed by atoms with van der Waals surface area (Å²) in [5.41, 5.74) is 3.10. The molecule has 6 rings (SSSR count). The number of carbonyl (C=O) groups is 1. The lowest BCUT2D eigenvalue weighted by Crippen LogP contribution is -2.47. The second-order valence-corrected chi connectivity index (χ2v) is 9.74. The van der Waals surface area contributed by atoms with E-state index in [1.807, 2.05) is 37.3 Å². The van der Waals surface area contributed by atoms with Crippen molar-refractivity contribution in [2.45, 2.75) is 32.1 Å². The average Bonchev–Trinajstić information content (AvgIpc) is 3.75. The molecule has 0 aromatic carbocycles. The maximum Gasteiger partial charge on any atom is 0.252 e. The summed E-state index contributed by atoms with van der Waals surface area (Å²) in [5.74, 6) is 1.85. The summed E-state index contributed by atoms with van der Waals surface area (Å²) in [6.07, 6.45) is 8.42. The molecule has 1 aliphatic heterocycles. The van der Waals surface area contributed by atoms with E-state index in [0.29, 0.717) is 29.5 Å². The number of rotatable bonds is 8. The van der Waals surface area contributed by atoms with E-state index < -0.39 is 0 Å². The molecule has 37 heavy (non-hydrogen) atoms. The Morgan fingerprint density at radius 1 is 1.03 bits per heavy atom. The zero-order valence-electron chi connectivity index (χ0n) is 21.0. The number of hydrogen-bond donors (Lipinski definition) is 1. The van der Waals surface area contributed by atoms with Gasteiger partial charge in [-0.15, -0.1) is 0 Å². The molecule has 1 saturated carbocycles. The molecule has 0 spiro atoms. The minimum absolute atomic E-state index is 0.0657. The minimum Gasteiger partial charge on any atom is -0.352 e. The number of amides is 1. The number of piperazine rings is 1. The smallest absolute Gasteiger partial charge is 0.252 e. The highest BCUT2D eigenvalue weighted by Gasteiger charge is 2.29. The molecule has 1 amide bonds. The Labute approximate surface area is 215 Å². The first kappa shape index (κ1) is 23.5. The lowest BCUT2D eigenvalue weighted by Gasteiger charge is -2.34. The number of nitrogens with one attached hydrogen (secondary N) is 1. The van der Waals surface area contributed by atoms with Gasteiger partial charge in [0.15, 0.2) is 11.5 Å². The fourth-order valence-electron chi connectivity index (χ4n) is 4.94. The fourth-order valence-corrected chi connectivity index (χ4v) is 4.94. The molecule has 190 valence electrons. The van der Waals surface area contributed by atoms with Crippen LogP contribution in [-0.2, 0) is 0 Å². The third-order valence-electron chi connectivity index (χ3n) is 7.08. The Morgan fingerprint density at radius 3 is 2.54 bits per heavy atom.